The van der Waals surface area contributed by atoms with E-state index in [1.54, 1.807) is 18.4 Å². The molecule has 1 saturated carbocycles. The number of methoxy groups -OCH3 is 1. The molecular formula is C17H24N2O3S. The smallest absolute Gasteiger partial charge is 0.254 e. The van der Waals surface area contributed by atoms with Crippen LogP contribution in [0.1, 0.15) is 52.9 Å². The molecule has 5 nitrogen and oxygen atoms in total. The van der Waals surface area contributed by atoms with Crippen LogP contribution in [0, 0.1) is 5.92 Å². The number of carbonyl (C=O) groups excluding carboxylic acids is 2. The molecule has 1 aromatic heterocycles. The standard InChI is InChI=1S/C17H24N2O3S/c1-22-10-9-18-16(21)14-12-7-2-3-8-13(12)23-17(14)19-15(20)11-5-4-6-11/h11H,2-10H2,1H3,(H,18,21)(H,19,20). The number of ether oxygens (including phenoxy) is 1. The van der Waals surface area contributed by atoms with Gasteiger partial charge in [0.25, 0.3) is 5.91 Å². The lowest BCUT2D eigenvalue weighted by Gasteiger charge is -2.24. The molecule has 0 spiro atoms. The molecule has 1 aromatic rings. The van der Waals surface area contributed by atoms with Crippen molar-refractivity contribution in [3.05, 3.63) is 16.0 Å². The topological polar surface area (TPSA) is 67.4 Å². The molecule has 0 saturated heterocycles. The molecule has 2 N–H and O–H groups in total. The lowest BCUT2D eigenvalue weighted by molar-refractivity contribution is -0.122. The minimum atomic E-state index is -0.0923. The average molecular weight is 336 g/mol. The molecule has 1 heterocycles. The van der Waals surface area contributed by atoms with Gasteiger partial charge in [-0.2, -0.15) is 0 Å². The van der Waals surface area contributed by atoms with Crippen molar-refractivity contribution in [2.45, 2.75) is 44.9 Å². The van der Waals surface area contributed by atoms with Crippen LogP contribution in [0.2, 0.25) is 0 Å². The van der Waals surface area contributed by atoms with E-state index in [1.807, 2.05) is 0 Å². The van der Waals surface area contributed by atoms with Crippen molar-refractivity contribution in [1.82, 2.24) is 5.32 Å². The maximum Gasteiger partial charge on any atom is 0.254 e. The monoisotopic (exact) mass is 336 g/mol. The Bertz CT molecular complexity index is 593. The quantitative estimate of drug-likeness (QED) is 0.785. The predicted molar refractivity (Wildman–Crippen MR) is 91.1 cm³/mol. The first-order valence-electron chi connectivity index (χ1n) is 8.43. The average Bonchev–Trinajstić information content (AvgIpc) is 2.83. The summed E-state index contributed by atoms with van der Waals surface area (Å²) in [4.78, 5) is 26.1. The number of hydrogen-bond donors (Lipinski definition) is 2. The zero-order valence-electron chi connectivity index (χ0n) is 13.6. The van der Waals surface area contributed by atoms with Gasteiger partial charge in [-0.25, -0.2) is 0 Å². The molecule has 0 unspecified atom stereocenters. The maximum atomic E-state index is 12.6. The number of nitrogens with one attached hydrogen (secondary N) is 2. The zero-order chi connectivity index (χ0) is 16.2. The number of fused-ring (bicyclic) bond motifs is 1. The Hall–Kier alpha value is -1.40. The Balaban J connectivity index is 1.80. The summed E-state index contributed by atoms with van der Waals surface area (Å²) in [7, 11) is 1.61. The van der Waals surface area contributed by atoms with E-state index in [0.29, 0.717) is 18.7 Å². The van der Waals surface area contributed by atoms with Crippen LogP contribution in [0.25, 0.3) is 0 Å². The van der Waals surface area contributed by atoms with Crippen LogP contribution in [0.4, 0.5) is 5.00 Å². The van der Waals surface area contributed by atoms with Gasteiger partial charge in [-0.1, -0.05) is 6.42 Å². The molecule has 0 atom stereocenters. The van der Waals surface area contributed by atoms with Crippen molar-refractivity contribution in [2.24, 2.45) is 5.92 Å². The molecule has 2 amide bonds. The summed E-state index contributed by atoms with van der Waals surface area (Å²) in [6.07, 6.45) is 7.27. The number of rotatable bonds is 6. The summed E-state index contributed by atoms with van der Waals surface area (Å²) in [5.41, 5.74) is 1.83. The van der Waals surface area contributed by atoms with Crippen LogP contribution in [0.3, 0.4) is 0 Å². The second-order valence-electron chi connectivity index (χ2n) is 6.28. The van der Waals surface area contributed by atoms with E-state index in [9.17, 15) is 9.59 Å². The molecule has 126 valence electrons. The fraction of sp³-hybridized carbons (Fsp3) is 0.647. The molecule has 3 rings (SSSR count). The van der Waals surface area contributed by atoms with Gasteiger partial charge in [0.05, 0.1) is 12.2 Å². The molecule has 6 heteroatoms. The second-order valence-corrected chi connectivity index (χ2v) is 7.39. The van der Waals surface area contributed by atoms with E-state index in [2.05, 4.69) is 10.6 Å². The summed E-state index contributed by atoms with van der Waals surface area (Å²) >= 11 is 1.59. The van der Waals surface area contributed by atoms with Crippen molar-refractivity contribution >= 4 is 28.2 Å². The van der Waals surface area contributed by atoms with Gasteiger partial charge in [-0.05, 0) is 44.1 Å². The number of hydrogen-bond acceptors (Lipinski definition) is 4. The number of amides is 2. The molecular weight excluding hydrogens is 312 g/mol. The highest BCUT2D eigenvalue weighted by Gasteiger charge is 2.30. The van der Waals surface area contributed by atoms with E-state index in [0.717, 1.165) is 55.5 Å². The van der Waals surface area contributed by atoms with Gasteiger partial charge in [-0.3, -0.25) is 9.59 Å². The molecule has 0 aromatic carbocycles. The van der Waals surface area contributed by atoms with Gasteiger partial charge >= 0.3 is 0 Å². The lowest BCUT2D eigenvalue weighted by atomic mass is 9.85. The van der Waals surface area contributed by atoms with Gasteiger partial charge in [0.15, 0.2) is 0 Å². The summed E-state index contributed by atoms with van der Waals surface area (Å²) in [6.45, 7) is 0.970. The van der Waals surface area contributed by atoms with Crippen LogP contribution in [-0.4, -0.2) is 32.1 Å². The first-order chi connectivity index (χ1) is 11.2. The highest BCUT2D eigenvalue weighted by atomic mass is 32.1. The first kappa shape index (κ1) is 16.5. The molecule has 2 aliphatic carbocycles. The first-order valence-corrected chi connectivity index (χ1v) is 9.25. The minimum absolute atomic E-state index is 0.0702. The highest BCUT2D eigenvalue weighted by molar-refractivity contribution is 7.17. The van der Waals surface area contributed by atoms with Crippen LogP contribution in [0.15, 0.2) is 0 Å². The van der Waals surface area contributed by atoms with Crippen LogP contribution in [-0.2, 0) is 22.4 Å². The van der Waals surface area contributed by atoms with E-state index >= 15 is 0 Å². The van der Waals surface area contributed by atoms with E-state index in [1.165, 1.54) is 4.88 Å². The molecule has 1 fully saturated rings. The Kier molecular flexibility index (Phi) is 5.33. The molecule has 2 aliphatic rings. The van der Waals surface area contributed by atoms with E-state index < -0.39 is 0 Å². The molecule has 0 bridgehead atoms. The van der Waals surface area contributed by atoms with Crippen LogP contribution in [0.5, 0.6) is 0 Å². The Morgan fingerprint density at radius 1 is 1.22 bits per heavy atom. The lowest BCUT2D eigenvalue weighted by Crippen LogP contribution is -2.31. The zero-order valence-corrected chi connectivity index (χ0v) is 14.4. The molecule has 0 aliphatic heterocycles. The fourth-order valence-electron chi connectivity index (χ4n) is 3.13. The van der Waals surface area contributed by atoms with E-state index in [4.69, 9.17) is 4.74 Å². The largest absolute Gasteiger partial charge is 0.383 e. The van der Waals surface area contributed by atoms with Gasteiger partial charge in [-0.15, -0.1) is 11.3 Å². The summed E-state index contributed by atoms with van der Waals surface area (Å²) in [5, 5.41) is 6.67. The van der Waals surface area contributed by atoms with Gasteiger partial charge in [0.2, 0.25) is 5.91 Å². The number of anilines is 1. The second kappa shape index (κ2) is 7.45. The van der Waals surface area contributed by atoms with Crippen LogP contribution >= 0.6 is 11.3 Å². The Labute approximate surface area is 140 Å². The summed E-state index contributed by atoms with van der Waals surface area (Å²) < 4.78 is 4.99. The molecule has 23 heavy (non-hydrogen) atoms. The van der Waals surface area contributed by atoms with Crippen molar-refractivity contribution in [2.75, 3.05) is 25.6 Å². The fourth-order valence-corrected chi connectivity index (χ4v) is 4.42. The third kappa shape index (κ3) is 3.58. The van der Waals surface area contributed by atoms with Crippen molar-refractivity contribution < 1.29 is 14.3 Å². The number of carbonyl (C=O) groups is 2. The molecule has 0 radical (unpaired) electrons. The highest BCUT2D eigenvalue weighted by Crippen LogP contribution is 2.39. The summed E-state index contributed by atoms with van der Waals surface area (Å²) in [6, 6.07) is 0. The van der Waals surface area contributed by atoms with Crippen molar-refractivity contribution in [3.63, 3.8) is 0 Å². The van der Waals surface area contributed by atoms with Gasteiger partial charge in [0.1, 0.15) is 5.00 Å². The SMILES string of the molecule is COCCNC(=O)c1c(NC(=O)C2CCC2)sc2c1CCCC2. The number of aryl methyl sites for hydroxylation is 1. The third-order valence-corrected chi connectivity index (χ3v) is 5.91. The normalized spacial score (nSPS) is 17.3. The summed E-state index contributed by atoms with van der Waals surface area (Å²) in [5.74, 6) is 0.102. The van der Waals surface area contributed by atoms with E-state index in [-0.39, 0.29) is 17.7 Å². The maximum absolute atomic E-state index is 12.6. The number of thiophene rings is 1. The third-order valence-electron chi connectivity index (χ3n) is 4.70. The minimum Gasteiger partial charge on any atom is -0.383 e. The van der Waals surface area contributed by atoms with Gasteiger partial charge in [0, 0.05) is 24.4 Å². The van der Waals surface area contributed by atoms with Crippen LogP contribution < -0.4 is 10.6 Å². The van der Waals surface area contributed by atoms with Gasteiger partial charge < -0.3 is 15.4 Å². The van der Waals surface area contributed by atoms with Crippen molar-refractivity contribution in [3.8, 4) is 0 Å². The van der Waals surface area contributed by atoms with Crippen molar-refractivity contribution in [1.29, 1.82) is 0 Å². The Morgan fingerprint density at radius 2 is 2.00 bits per heavy atom. The Morgan fingerprint density at radius 3 is 2.70 bits per heavy atom. The predicted octanol–water partition coefficient (Wildman–Crippen LogP) is 2.74.